The Morgan fingerprint density at radius 3 is 2.88 bits per heavy atom. The van der Waals surface area contributed by atoms with Gasteiger partial charge in [0.1, 0.15) is 5.75 Å². The quantitative estimate of drug-likeness (QED) is 0.902. The normalized spacial score (nSPS) is 17.5. The molecule has 0 radical (unpaired) electrons. The molecule has 122 valence electrons. The van der Waals surface area contributed by atoms with Crippen molar-refractivity contribution in [3.05, 3.63) is 42.5 Å². The Bertz CT molecular complexity index is 820. The predicted molar refractivity (Wildman–Crippen MR) is 85.3 cm³/mol. The van der Waals surface area contributed by atoms with Gasteiger partial charge < -0.3 is 24.8 Å². The van der Waals surface area contributed by atoms with Crippen molar-refractivity contribution >= 4 is 23.2 Å². The molecule has 0 saturated heterocycles. The third kappa shape index (κ3) is 2.71. The van der Waals surface area contributed by atoms with Crippen LogP contribution in [0.3, 0.4) is 0 Å². The van der Waals surface area contributed by atoms with Crippen LogP contribution in [-0.4, -0.2) is 24.7 Å². The van der Waals surface area contributed by atoms with Gasteiger partial charge in [-0.15, -0.1) is 0 Å². The third-order valence-corrected chi connectivity index (χ3v) is 3.73. The SMILES string of the molecule is O=C(C[C@@H]1Oc2ccccc2NC1=O)Nc1ccc2c(c1)OCO2. The lowest BCUT2D eigenvalue weighted by Crippen LogP contribution is -2.39. The van der Waals surface area contributed by atoms with Gasteiger partial charge in [-0.2, -0.15) is 0 Å². The Morgan fingerprint density at radius 2 is 1.96 bits per heavy atom. The van der Waals surface area contributed by atoms with Crippen LogP contribution in [0.4, 0.5) is 11.4 Å². The van der Waals surface area contributed by atoms with E-state index in [-0.39, 0.29) is 25.0 Å². The largest absolute Gasteiger partial charge is 0.478 e. The van der Waals surface area contributed by atoms with Gasteiger partial charge in [-0.25, -0.2) is 0 Å². The molecule has 2 N–H and O–H groups in total. The number of carbonyl (C=O) groups excluding carboxylic acids is 2. The summed E-state index contributed by atoms with van der Waals surface area (Å²) in [5.41, 5.74) is 1.18. The van der Waals surface area contributed by atoms with Crippen LogP contribution in [0.15, 0.2) is 42.5 Å². The molecule has 1 atom stereocenters. The van der Waals surface area contributed by atoms with E-state index >= 15 is 0 Å². The van der Waals surface area contributed by atoms with E-state index in [1.807, 2.05) is 0 Å². The summed E-state index contributed by atoms with van der Waals surface area (Å²) in [5, 5.41) is 5.46. The number of hydrogen-bond donors (Lipinski definition) is 2. The summed E-state index contributed by atoms with van der Waals surface area (Å²) in [7, 11) is 0. The maximum Gasteiger partial charge on any atom is 0.266 e. The molecule has 2 aromatic rings. The number of benzene rings is 2. The Kier molecular flexibility index (Phi) is 3.45. The second kappa shape index (κ2) is 5.77. The highest BCUT2D eigenvalue weighted by molar-refractivity contribution is 6.02. The highest BCUT2D eigenvalue weighted by atomic mass is 16.7. The number of nitrogens with one attached hydrogen (secondary N) is 2. The lowest BCUT2D eigenvalue weighted by molar-refractivity contribution is -0.128. The van der Waals surface area contributed by atoms with E-state index in [1.54, 1.807) is 42.5 Å². The van der Waals surface area contributed by atoms with Gasteiger partial charge in [-0.05, 0) is 24.3 Å². The van der Waals surface area contributed by atoms with E-state index in [9.17, 15) is 9.59 Å². The average Bonchev–Trinajstić information content (AvgIpc) is 3.03. The zero-order valence-corrected chi connectivity index (χ0v) is 12.6. The van der Waals surface area contributed by atoms with Gasteiger partial charge in [-0.3, -0.25) is 9.59 Å². The first-order valence-corrected chi connectivity index (χ1v) is 7.45. The Labute approximate surface area is 137 Å². The summed E-state index contributed by atoms with van der Waals surface area (Å²) < 4.78 is 16.1. The first kappa shape index (κ1) is 14.4. The number of ether oxygens (including phenoxy) is 3. The highest BCUT2D eigenvalue weighted by Crippen LogP contribution is 2.34. The molecule has 0 fully saturated rings. The van der Waals surface area contributed by atoms with Gasteiger partial charge in [0, 0.05) is 11.8 Å². The number of anilines is 2. The standard InChI is InChI=1S/C17H14N2O5/c20-16(18-10-5-6-13-14(7-10)23-9-22-13)8-15-17(21)19-11-3-1-2-4-12(11)24-15/h1-7,15H,8-9H2,(H,18,20)(H,19,21)/t15-/m0/s1. The zero-order chi connectivity index (χ0) is 16.5. The molecule has 24 heavy (non-hydrogen) atoms. The fraction of sp³-hybridized carbons (Fsp3) is 0.176. The van der Waals surface area contributed by atoms with Gasteiger partial charge in [0.05, 0.1) is 12.1 Å². The van der Waals surface area contributed by atoms with Gasteiger partial charge in [0.15, 0.2) is 17.6 Å². The molecule has 0 unspecified atom stereocenters. The van der Waals surface area contributed by atoms with Crippen LogP contribution in [0.2, 0.25) is 0 Å². The molecule has 7 nitrogen and oxygen atoms in total. The van der Waals surface area contributed by atoms with E-state index in [4.69, 9.17) is 14.2 Å². The molecule has 2 aromatic carbocycles. The van der Waals surface area contributed by atoms with Crippen molar-refractivity contribution < 1.29 is 23.8 Å². The summed E-state index contributed by atoms with van der Waals surface area (Å²) in [5.74, 6) is 1.11. The van der Waals surface area contributed by atoms with Crippen LogP contribution in [0.1, 0.15) is 6.42 Å². The van der Waals surface area contributed by atoms with Crippen molar-refractivity contribution in [2.24, 2.45) is 0 Å². The van der Waals surface area contributed by atoms with Gasteiger partial charge in [0.25, 0.3) is 5.91 Å². The van der Waals surface area contributed by atoms with Gasteiger partial charge >= 0.3 is 0 Å². The molecular formula is C17H14N2O5. The number of carbonyl (C=O) groups is 2. The molecule has 4 rings (SSSR count). The van der Waals surface area contributed by atoms with Crippen LogP contribution in [0.25, 0.3) is 0 Å². The molecule has 0 saturated carbocycles. The maximum absolute atomic E-state index is 12.2. The fourth-order valence-electron chi connectivity index (χ4n) is 2.58. The molecule has 2 aliphatic rings. The number of para-hydroxylation sites is 2. The van der Waals surface area contributed by atoms with E-state index in [2.05, 4.69) is 10.6 Å². The highest BCUT2D eigenvalue weighted by Gasteiger charge is 2.29. The molecule has 0 aromatic heterocycles. The average molecular weight is 326 g/mol. The Hall–Kier alpha value is -3.22. The lowest BCUT2D eigenvalue weighted by Gasteiger charge is -2.25. The van der Waals surface area contributed by atoms with E-state index in [0.29, 0.717) is 28.6 Å². The summed E-state index contributed by atoms with van der Waals surface area (Å²) >= 11 is 0. The van der Waals surface area contributed by atoms with Crippen molar-refractivity contribution in [3.63, 3.8) is 0 Å². The number of hydrogen-bond acceptors (Lipinski definition) is 5. The van der Waals surface area contributed by atoms with Crippen molar-refractivity contribution in [3.8, 4) is 17.2 Å². The molecule has 2 amide bonds. The Balaban J connectivity index is 1.42. The van der Waals surface area contributed by atoms with Crippen LogP contribution in [0.5, 0.6) is 17.2 Å². The monoisotopic (exact) mass is 326 g/mol. The van der Waals surface area contributed by atoms with Crippen molar-refractivity contribution in [2.75, 3.05) is 17.4 Å². The summed E-state index contributed by atoms with van der Waals surface area (Å²) in [4.78, 5) is 24.2. The molecule has 2 heterocycles. The molecular weight excluding hydrogens is 312 g/mol. The minimum absolute atomic E-state index is 0.0887. The van der Waals surface area contributed by atoms with Gasteiger partial charge in [-0.1, -0.05) is 12.1 Å². The fourth-order valence-corrected chi connectivity index (χ4v) is 2.58. The number of rotatable bonds is 3. The number of fused-ring (bicyclic) bond motifs is 2. The third-order valence-electron chi connectivity index (χ3n) is 3.73. The van der Waals surface area contributed by atoms with E-state index in [0.717, 1.165) is 0 Å². The predicted octanol–water partition coefficient (Wildman–Crippen LogP) is 2.14. The zero-order valence-electron chi connectivity index (χ0n) is 12.6. The van der Waals surface area contributed by atoms with E-state index in [1.165, 1.54) is 0 Å². The van der Waals surface area contributed by atoms with Crippen molar-refractivity contribution in [1.82, 2.24) is 0 Å². The first-order valence-electron chi connectivity index (χ1n) is 7.45. The Morgan fingerprint density at radius 1 is 1.12 bits per heavy atom. The van der Waals surface area contributed by atoms with Crippen LogP contribution < -0.4 is 24.8 Å². The summed E-state index contributed by atoms with van der Waals surface area (Å²) in [6.45, 7) is 0.169. The molecule has 2 aliphatic heterocycles. The lowest BCUT2D eigenvalue weighted by atomic mass is 10.1. The molecule has 0 bridgehead atoms. The second-order valence-electron chi connectivity index (χ2n) is 5.41. The molecule has 0 spiro atoms. The minimum atomic E-state index is -0.867. The van der Waals surface area contributed by atoms with Gasteiger partial charge in [0.2, 0.25) is 12.7 Å². The van der Waals surface area contributed by atoms with E-state index < -0.39 is 6.10 Å². The molecule has 7 heteroatoms. The van der Waals surface area contributed by atoms with Crippen LogP contribution in [-0.2, 0) is 9.59 Å². The summed E-state index contributed by atoms with van der Waals surface area (Å²) in [6, 6.07) is 12.2. The number of amides is 2. The van der Waals surface area contributed by atoms with Crippen LogP contribution in [0, 0.1) is 0 Å². The molecule has 0 aliphatic carbocycles. The maximum atomic E-state index is 12.2. The second-order valence-corrected chi connectivity index (χ2v) is 5.41. The summed E-state index contributed by atoms with van der Waals surface area (Å²) in [6.07, 6.45) is -0.955. The van der Waals surface area contributed by atoms with Crippen LogP contribution >= 0.6 is 0 Å². The van der Waals surface area contributed by atoms with Crippen molar-refractivity contribution in [1.29, 1.82) is 0 Å². The minimum Gasteiger partial charge on any atom is -0.478 e. The first-order chi connectivity index (χ1) is 11.7. The van der Waals surface area contributed by atoms with Crippen molar-refractivity contribution in [2.45, 2.75) is 12.5 Å². The topological polar surface area (TPSA) is 85.9 Å². The smallest absolute Gasteiger partial charge is 0.266 e.